The Morgan fingerprint density at radius 3 is 1.76 bits per heavy atom. The Labute approximate surface area is 332 Å². The zero-order valence-corrected chi connectivity index (χ0v) is 37.9. The number of carbonyl (C=O) groups excluding carboxylic acids is 1. The van der Waals surface area contributed by atoms with Crippen LogP contribution in [-0.4, -0.2) is 53.6 Å². The lowest BCUT2D eigenvalue weighted by Gasteiger charge is -2.42. The summed E-state index contributed by atoms with van der Waals surface area (Å²) in [5.74, 6) is 2.55. The van der Waals surface area contributed by atoms with Crippen LogP contribution < -0.4 is 13.6 Å². The number of nitrogens with zero attached hydrogens (tertiary/aromatic N) is 1. The molecular formula is C46H65NO4SSi2. The molecule has 1 aliphatic heterocycles. The van der Waals surface area contributed by atoms with Crippen molar-refractivity contribution in [1.82, 2.24) is 4.90 Å². The van der Waals surface area contributed by atoms with E-state index in [0.29, 0.717) is 51.2 Å². The predicted molar refractivity (Wildman–Crippen MR) is 235 cm³/mol. The molecule has 6 rings (SSSR count). The van der Waals surface area contributed by atoms with Crippen LogP contribution in [-0.2, 0) is 0 Å². The lowest BCUT2D eigenvalue weighted by atomic mass is 9.83. The van der Waals surface area contributed by atoms with Gasteiger partial charge in [0, 0.05) is 27.1 Å². The van der Waals surface area contributed by atoms with Gasteiger partial charge in [-0.3, -0.25) is 9.69 Å². The average Bonchev–Trinajstić information content (AvgIpc) is 3.51. The lowest BCUT2D eigenvalue weighted by molar-refractivity contribution is 0.103. The molecule has 2 heterocycles. The maximum Gasteiger partial charge on any atom is 0.258 e. The number of likely N-dealkylation sites (tertiary alicyclic amines) is 1. The second-order valence-electron chi connectivity index (χ2n) is 17.8. The van der Waals surface area contributed by atoms with Crippen molar-refractivity contribution < 1.29 is 18.4 Å². The molecular weight excluding hydrogens is 719 g/mol. The minimum Gasteiger partial charge on any atom is -0.543 e. The van der Waals surface area contributed by atoms with Gasteiger partial charge in [0.05, 0.1) is 5.56 Å². The third kappa shape index (κ3) is 7.25. The van der Waals surface area contributed by atoms with Crippen molar-refractivity contribution in [3.8, 4) is 38.8 Å². The first-order valence-electron chi connectivity index (χ1n) is 20.8. The fourth-order valence-corrected chi connectivity index (χ4v) is 22.1. The van der Waals surface area contributed by atoms with Crippen LogP contribution in [0.4, 0.5) is 0 Å². The molecule has 2 aliphatic rings. The standard InChI is InChI=1S/C46H65NO4SSi2/c1-29(2)53(30(3)4,31(5)6)50-36-21-19-35(20-22-36)46-44-43-39(27-37(28-41(43)52-46)51-54(32(7)8,33(9)10)34(11)12)38-17-16-18-40(42(38)45(44)48)49-26-25-47-23-14-13-15-24-47/h16-22,27-34H,13-15,23-26H2,1-12H3. The molecule has 0 unspecified atom stereocenters. The number of hydrogen-bond donors (Lipinski definition) is 0. The van der Waals surface area contributed by atoms with Crippen LogP contribution in [0.15, 0.2) is 54.6 Å². The summed E-state index contributed by atoms with van der Waals surface area (Å²) in [6.07, 6.45) is 3.80. The fourth-order valence-electron chi connectivity index (χ4n) is 10.4. The maximum absolute atomic E-state index is 15.0. The first-order valence-corrected chi connectivity index (χ1v) is 25.8. The molecule has 8 heteroatoms. The molecule has 1 aromatic heterocycles. The van der Waals surface area contributed by atoms with Gasteiger partial charge in [-0.2, -0.15) is 0 Å². The Bertz CT molecular complexity index is 1890. The smallest absolute Gasteiger partial charge is 0.258 e. The number of fused-ring (bicyclic) bond motifs is 2. The van der Waals surface area contributed by atoms with Crippen molar-refractivity contribution in [3.63, 3.8) is 0 Å². The highest BCUT2D eigenvalue weighted by molar-refractivity contribution is 7.23. The fraction of sp³-hybridized carbons (Fsp3) is 0.543. The number of thiophene rings is 1. The van der Waals surface area contributed by atoms with E-state index in [4.69, 9.17) is 13.6 Å². The van der Waals surface area contributed by atoms with E-state index in [1.165, 1.54) is 19.3 Å². The monoisotopic (exact) mass is 783 g/mol. The third-order valence-electron chi connectivity index (χ3n) is 12.8. The summed E-state index contributed by atoms with van der Waals surface area (Å²) in [6.45, 7) is 31.6. The molecule has 0 radical (unpaired) electrons. The summed E-state index contributed by atoms with van der Waals surface area (Å²) in [6, 6.07) is 19.1. The molecule has 0 bridgehead atoms. The first-order chi connectivity index (χ1) is 25.6. The van der Waals surface area contributed by atoms with Crippen molar-refractivity contribution >= 4 is 43.8 Å². The molecule has 0 saturated carbocycles. The molecule has 0 atom stereocenters. The molecule has 54 heavy (non-hydrogen) atoms. The third-order valence-corrected chi connectivity index (χ3v) is 26.0. The topological polar surface area (TPSA) is 48.0 Å². The van der Waals surface area contributed by atoms with Gasteiger partial charge in [-0.25, -0.2) is 0 Å². The normalized spacial score (nSPS) is 15.4. The van der Waals surface area contributed by atoms with Crippen molar-refractivity contribution in [2.24, 2.45) is 0 Å². The van der Waals surface area contributed by atoms with Crippen LogP contribution in [0.1, 0.15) is 118 Å². The molecule has 0 spiro atoms. The second-order valence-corrected chi connectivity index (χ2v) is 29.6. The highest BCUT2D eigenvalue weighted by Crippen LogP contribution is 2.53. The van der Waals surface area contributed by atoms with Gasteiger partial charge in [0.25, 0.3) is 16.6 Å². The molecule has 292 valence electrons. The van der Waals surface area contributed by atoms with Crippen LogP contribution in [0, 0.1) is 0 Å². The number of rotatable bonds is 15. The number of hydrogen-bond acceptors (Lipinski definition) is 6. The molecule has 4 aromatic rings. The van der Waals surface area contributed by atoms with Crippen LogP contribution in [0.3, 0.4) is 0 Å². The summed E-state index contributed by atoms with van der Waals surface area (Å²) in [5, 5.41) is 1.03. The molecule has 3 aromatic carbocycles. The quantitative estimate of drug-likeness (QED) is 0.0990. The summed E-state index contributed by atoms with van der Waals surface area (Å²) in [5.41, 5.74) is 7.27. The minimum atomic E-state index is -2.25. The summed E-state index contributed by atoms with van der Waals surface area (Å²) in [7, 11) is -4.36. The van der Waals surface area contributed by atoms with Gasteiger partial charge >= 0.3 is 0 Å². The van der Waals surface area contributed by atoms with Crippen LogP contribution in [0.5, 0.6) is 17.2 Å². The Morgan fingerprint density at radius 1 is 0.648 bits per heavy atom. The first kappa shape index (κ1) is 40.7. The van der Waals surface area contributed by atoms with E-state index in [1.54, 1.807) is 11.3 Å². The van der Waals surface area contributed by atoms with Gasteiger partial charge in [-0.1, -0.05) is 102 Å². The average molecular weight is 784 g/mol. The van der Waals surface area contributed by atoms with E-state index < -0.39 is 16.6 Å². The van der Waals surface area contributed by atoms with E-state index in [-0.39, 0.29) is 5.78 Å². The highest BCUT2D eigenvalue weighted by Gasteiger charge is 2.48. The molecule has 1 fully saturated rings. The van der Waals surface area contributed by atoms with Crippen LogP contribution in [0.25, 0.3) is 31.7 Å². The highest BCUT2D eigenvalue weighted by atomic mass is 32.1. The van der Waals surface area contributed by atoms with Gasteiger partial charge in [-0.15, -0.1) is 11.3 Å². The van der Waals surface area contributed by atoms with Gasteiger partial charge in [-0.05, 0) is 118 Å². The lowest BCUT2D eigenvalue weighted by Crippen LogP contribution is -2.50. The number of ether oxygens (including phenoxy) is 1. The zero-order valence-electron chi connectivity index (χ0n) is 35.1. The number of carbonyl (C=O) groups is 1. The van der Waals surface area contributed by atoms with Crippen molar-refractivity contribution in [3.05, 3.63) is 65.7 Å². The van der Waals surface area contributed by atoms with E-state index >= 15 is 0 Å². The molecule has 1 saturated heterocycles. The number of piperidine rings is 1. The number of ketones is 1. The molecule has 0 amide bonds. The Hall–Kier alpha value is -2.92. The SMILES string of the molecule is CC(C)[Si](Oc1ccc(-c2sc3cc(O[Si](C(C)C)(C(C)C)C(C)C)cc4c3c2C(=O)c2c(OCCN3CCCCC3)cccc2-4)cc1)(C(C)C)C(C)C. The van der Waals surface area contributed by atoms with Crippen molar-refractivity contribution in [1.29, 1.82) is 0 Å². The van der Waals surface area contributed by atoms with Gasteiger partial charge in [0.2, 0.25) is 0 Å². The second kappa shape index (κ2) is 16.3. The van der Waals surface area contributed by atoms with Crippen LogP contribution >= 0.6 is 11.3 Å². The molecule has 0 N–H and O–H groups in total. The predicted octanol–water partition coefficient (Wildman–Crippen LogP) is 13.8. The zero-order chi connectivity index (χ0) is 39.1. The summed E-state index contributed by atoms with van der Waals surface area (Å²) >= 11 is 1.71. The van der Waals surface area contributed by atoms with E-state index in [1.807, 2.05) is 12.1 Å². The molecule has 1 aliphatic carbocycles. The van der Waals surface area contributed by atoms with E-state index in [0.717, 1.165) is 68.4 Å². The summed E-state index contributed by atoms with van der Waals surface area (Å²) < 4.78 is 22.0. The molecule has 5 nitrogen and oxygen atoms in total. The van der Waals surface area contributed by atoms with Crippen molar-refractivity contribution in [2.45, 2.75) is 136 Å². The van der Waals surface area contributed by atoms with E-state index in [9.17, 15) is 4.79 Å². The maximum atomic E-state index is 15.0. The Balaban J connectivity index is 1.47. The van der Waals surface area contributed by atoms with E-state index in [2.05, 4.69) is 130 Å². The van der Waals surface area contributed by atoms with Crippen molar-refractivity contribution in [2.75, 3.05) is 26.2 Å². The summed E-state index contributed by atoms with van der Waals surface area (Å²) in [4.78, 5) is 18.4. The van der Waals surface area contributed by atoms with Gasteiger partial charge in [0.15, 0.2) is 5.78 Å². The Morgan fingerprint density at radius 2 is 1.20 bits per heavy atom. The van der Waals surface area contributed by atoms with Crippen LogP contribution in [0.2, 0.25) is 33.2 Å². The Kier molecular flexibility index (Phi) is 12.3. The minimum absolute atomic E-state index is 0.0439. The van der Waals surface area contributed by atoms with Gasteiger partial charge in [0.1, 0.15) is 23.9 Å². The largest absolute Gasteiger partial charge is 0.543 e. The van der Waals surface area contributed by atoms with Gasteiger partial charge < -0.3 is 13.6 Å². The number of benzene rings is 3.